The predicted octanol–water partition coefficient (Wildman–Crippen LogP) is 2.53. The molecule has 1 amide bonds. The van der Waals surface area contributed by atoms with E-state index in [1.165, 1.54) is 4.31 Å². The first-order valence-corrected chi connectivity index (χ1v) is 11.5. The number of carbonyl (C=O) groups excluding carboxylic acids is 1. The fraction of sp³-hybridized carbons (Fsp3) is 0.474. The van der Waals surface area contributed by atoms with E-state index in [9.17, 15) is 13.2 Å². The minimum atomic E-state index is -3.67. The number of nitrogens with zero attached hydrogens (tertiary/aromatic N) is 2. The molecule has 1 aliphatic rings. The molecule has 146 valence electrons. The normalized spacial score (nSPS) is 17.9. The summed E-state index contributed by atoms with van der Waals surface area (Å²) in [4.78, 5) is 17.2. The Morgan fingerprint density at radius 1 is 1.33 bits per heavy atom. The predicted molar refractivity (Wildman–Crippen MR) is 106 cm³/mol. The Balaban J connectivity index is 1.65. The fourth-order valence-corrected chi connectivity index (χ4v) is 5.58. The lowest BCUT2D eigenvalue weighted by Crippen LogP contribution is -2.46. The zero-order valence-corrected chi connectivity index (χ0v) is 17.3. The van der Waals surface area contributed by atoms with Crippen LogP contribution in [0.2, 0.25) is 0 Å². The molecule has 0 bridgehead atoms. The van der Waals surface area contributed by atoms with E-state index in [2.05, 4.69) is 10.3 Å². The van der Waals surface area contributed by atoms with Gasteiger partial charge in [0, 0.05) is 24.9 Å². The summed E-state index contributed by atoms with van der Waals surface area (Å²) >= 11 is 1.58. The average Bonchev–Trinajstić information content (AvgIpc) is 3.31. The van der Waals surface area contributed by atoms with E-state index in [0.29, 0.717) is 32.4 Å². The molecule has 8 heteroatoms. The van der Waals surface area contributed by atoms with Gasteiger partial charge in [-0.05, 0) is 43.9 Å². The van der Waals surface area contributed by atoms with Crippen molar-refractivity contribution in [1.29, 1.82) is 0 Å². The van der Waals surface area contributed by atoms with Gasteiger partial charge in [-0.2, -0.15) is 4.31 Å². The van der Waals surface area contributed by atoms with Crippen LogP contribution in [0.3, 0.4) is 0 Å². The van der Waals surface area contributed by atoms with Gasteiger partial charge in [-0.3, -0.25) is 4.79 Å². The number of aryl methyl sites for hydroxylation is 2. The lowest BCUT2D eigenvalue weighted by molar-refractivity contribution is -0.124. The van der Waals surface area contributed by atoms with Crippen molar-refractivity contribution >= 4 is 27.3 Å². The van der Waals surface area contributed by atoms with Crippen LogP contribution in [-0.4, -0.2) is 42.7 Å². The van der Waals surface area contributed by atoms with Gasteiger partial charge >= 0.3 is 0 Å². The van der Waals surface area contributed by atoms with E-state index in [4.69, 9.17) is 0 Å². The highest BCUT2D eigenvalue weighted by Crippen LogP contribution is 2.26. The maximum atomic E-state index is 13.0. The van der Waals surface area contributed by atoms with Gasteiger partial charge in [0.2, 0.25) is 15.9 Å². The maximum Gasteiger partial charge on any atom is 0.243 e. The third-order valence-electron chi connectivity index (χ3n) is 4.79. The summed E-state index contributed by atoms with van der Waals surface area (Å²) in [6.45, 7) is 4.80. The van der Waals surface area contributed by atoms with Crippen LogP contribution in [0.1, 0.15) is 36.0 Å². The first-order valence-electron chi connectivity index (χ1n) is 9.21. The molecule has 1 N–H and O–H groups in total. The molecule has 0 spiro atoms. The Labute approximate surface area is 164 Å². The molecule has 0 saturated carbocycles. The van der Waals surface area contributed by atoms with Crippen LogP contribution in [0, 0.1) is 6.92 Å². The quantitative estimate of drug-likeness (QED) is 0.765. The number of aromatic nitrogens is 1. The van der Waals surface area contributed by atoms with Crippen LogP contribution < -0.4 is 5.32 Å². The number of benzene rings is 1. The second-order valence-corrected chi connectivity index (χ2v) is 9.62. The van der Waals surface area contributed by atoms with Gasteiger partial charge in [0.05, 0.1) is 15.6 Å². The fourth-order valence-electron chi connectivity index (χ4n) is 3.28. The number of hydrogen-bond donors (Lipinski definition) is 1. The molecule has 3 rings (SSSR count). The van der Waals surface area contributed by atoms with Crippen molar-refractivity contribution in [2.24, 2.45) is 0 Å². The maximum absolute atomic E-state index is 13.0. The van der Waals surface area contributed by atoms with Crippen molar-refractivity contribution in [3.05, 3.63) is 45.9 Å². The molecule has 27 heavy (non-hydrogen) atoms. The van der Waals surface area contributed by atoms with E-state index in [1.54, 1.807) is 23.5 Å². The smallest absolute Gasteiger partial charge is 0.243 e. The van der Waals surface area contributed by atoms with Crippen LogP contribution >= 0.6 is 11.3 Å². The Morgan fingerprint density at radius 3 is 2.70 bits per heavy atom. The molecule has 1 aliphatic heterocycles. The number of thiazole rings is 1. The number of rotatable bonds is 7. The summed E-state index contributed by atoms with van der Waals surface area (Å²) in [5, 5.41) is 5.85. The van der Waals surface area contributed by atoms with Crippen LogP contribution in [0.15, 0.2) is 34.5 Å². The summed E-state index contributed by atoms with van der Waals surface area (Å²) in [6, 6.07) is 6.28. The van der Waals surface area contributed by atoms with Gasteiger partial charge in [0.1, 0.15) is 6.04 Å². The molecule has 0 aliphatic carbocycles. The van der Waals surface area contributed by atoms with Crippen molar-refractivity contribution in [2.75, 3.05) is 13.1 Å². The second-order valence-electron chi connectivity index (χ2n) is 6.67. The van der Waals surface area contributed by atoms with Crippen molar-refractivity contribution in [2.45, 2.75) is 50.5 Å². The monoisotopic (exact) mass is 407 g/mol. The van der Waals surface area contributed by atoms with E-state index in [1.807, 2.05) is 31.4 Å². The lowest BCUT2D eigenvalue weighted by atomic mass is 10.2. The van der Waals surface area contributed by atoms with E-state index >= 15 is 0 Å². The molecular formula is C19H25N3O3S2. The third kappa shape index (κ3) is 4.56. The summed E-state index contributed by atoms with van der Waals surface area (Å²) in [5.41, 5.74) is 2.03. The molecular weight excluding hydrogens is 382 g/mol. The number of nitrogens with one attached hydrogen (secondary N) is 1. The number of sulfonamides is 1. The molecule has 1 atom stereocenters. The van der Waals surface area contributed by atoms with Crippen LogP contribution in [0.5, 0.6) is 0 Å². The van der Waals surface area contributed by atoms with Crippen LogP contribution in [-0.2, 0) is 27.7 Å². The van der Waals surface area contributed by atoms with Gasteiger partial charge in [-0.15, -0.1) is 11.3 Å². The SMILES string of the molecule is CCc1ccc(S(=O)(=O)N2CCC[C@@H]2C(=O)NCCc2csc(C)n2)cc1. The van der Waals surface area contributed by atoms with Gasteiger partial charge in [0.15, 0.2) is 0 Å². The molecule has 1 aromatic carbocycles. The van der Waals surface area contributed by atoms with Gasteiger partial charge in [0.25, 0.3) is 0 Å². The molecule has 0 radical (unpaired) electrons. The third-order valence-corrected chi connectivity index (χ3v) is 7.54. The molecule has 2 aromatic rings. The molecule has 1 fully saturated rings. The molecule has 2 heterocycles. The van der Waals surface area contributed by atoms with Gasteiger partial charge in [-0.1, -0.05) is 19.1 Å². The molecule has 1 saturated heterocycles. The zero-order valence-electron chi connectivity index (χ0n) is 15.6. The Hall–Kier alpha value is -1.77. The standard InChI is InChI=1S/C19H25N3O3S2/c1-3-15-6-8-17(9-7-15)27(24,25)22-12-4-5-18(22)19(23)20-11-10-16-13-26-14(2)21-16/h6-9,13,18H,3-5,10-12H2,1-2H3,(H,20,23)/t18-/m1/s1. The second kappa shape index (κ2) is 8.50. The summed E-state index contributed by atoms with van der Waals surface area (Å²) in [7, 11) is -3.67. The van der Waals surface area contributed by atoms with Crippen molar-refractivity contribution in [1.82, 2.24) is 14.6 Å². The largest absolute Gasteiger partial charge is 0.354 e. The van der Waals surface area contributed by atoms with Crippen molar-refractivity contribution in [3.63, 3.8) is 0 Å². The average molecular weight is 408 g/mol. The topological polar surface area (TPSA) is 79.4 Å². The number of carbonyl (C=O) groups is 1. The van der Waals surface area contributed by atoms with Crippen molar-refractivity contribution < 1.29 is 13.2 Å². The first-order chi connectivity index (χ1) is 12.9. The Kier molecular flexibility index (Phi) is 6.29. The van der Waals surface area contributed by atoms with E-state index in [-0.39, 0.29) is 10.8 Å². The highest BCUT2D eigenvalue weighted by Gasteiger charge is 2.39. The van der Waals surface area contributed by atoms with E-state index < -0.39 is 16.1 Å². The number of hydrogen-bond acceptors (Lipinski definition) is 5. The minimum Gasteiger partial charge on any atom is -0.354 e. The zero-order chi connectivity index (χ0) is 19.4. The lowest BCUT2D eigenvalue weighted by Gasteiger charge is -2.23. The first kappa shape index (κ1) is 20.0. The van der Waals surface area contributed by atoms with Crippen LogP contribution in [0.25, 0.3) is 0 Å². The Morgan fingerprint density at radius 2 is 2.07 bits per heavy atom. The minimum absolute atomic E-state index is 0.229. The Bertz CT molecular complexity index is 891. The van der Waals surface area contributed by atoms with Crippen molar-refractivity contribution in [3.8, 4) is 0 Å². The molecule has 6 nitrogen and oxygen atoms in total. The summed E-state index contributed by atoms with van der Waals surface area (Å²) in [6.07, 6.45) is 2.74. The van der Waals surface area contributed by atoms with Gasteiger partial charge in [-0.25, -0.2) is 13.4 Å². The molecule has 0 unspecified atom stereocenters. The molecule has 1 aromatic heterocycles. The highest BCUT2D eigenvalue weighted by molar-refractivity contribution is 7.89. The number of amides is 1. The van der Waals surface area contributed by atoms with Crippen LogP contribution in [0.4, 0.5) is 0 Å². The highest BCUT2D eigenvalue weighted by atomic mass is 32.2. The van der Waals surface area contributed by atoms with E-state index in [0.717, 1.165) is 22.7 Å². The summed E-state index contributed by atoms with van der Waals surface area (Å²) in [5.74, 6) is -0.229. The summed E-state index contributed by atoms with van der Waals surface area (Å²) < 4.78 is 27.3. The van der Waals surface area contributed by atoms with Gasteiger partial charge < -0.3 is 5.32 Å².